The molecule has 0 saturated carbocycles. The first-order chi connectivity index (χ1) is 23.2. The van der Waals surface area contributed by atoms with Gasteiger partial charge >= 0.3 is 12.1 Å². The van der Waals surface area contributed by atoms with Gasteiger partial charge in [0.25, 0.3) is 0 Å². The van der Waals surface area contributed by atoms with Crippen molar-refractivity contribution in [1.29, 1.82) is 0 Å². The van der Waals surface area contributed by atoms with Crippen LogP contribution in [0.15, 0.2) is 84.3 Å². The Morgan fingerprint density at radius 3 is 2.50 bits per heavy atom. The van der Waals surface area contributed by atoms with Crippen LogP contribution in [-0.2, 0) is 32.2 Å². The molecule has 48 heavy (non-hydrogen) atoms. The lowest BCUT2D eigenvalue weighted by molar-refractivity contribution is -0.245. The highest BCUT2D eigenvalue weighted by Gasteiger charge is 2.47. The van der Waals surface area contributed by atoms with Gasteiger partial charge in [0, 0.05) is 30.8 Å². The van der Waals surface area contributed by atoms with Crippen LogP contribution < -0.4 is 5.32 Å². The summed E-state index contributed by atoms with van der Waals surface area (Å²) in [5.41, 5.74) is 5.10. The number of H-pyrrole nitrogens is 1. The van der Waals surface area contributed by atoms with Crippen LogP contribution in [0.4, 0.5) is 13.2 Å². The zero-order valence-electron chi connectivity index (χ0n) is 25.7. The number of carbonyl (C=O) groups is 2. The Labute approximate surface area is 279 Å². The van der Waals surface area contributed by atoms with Crippen molar-refractivity contribution < 1.29 is 37.3 Å². The Bertz CT molecular complexity index is 1710. The highest BCUT2D eigenvalue weighted by molar-refractivity contribution is 7.99. The number of ether oxygens (including phenoxy) is 2. The van der Waals surface area contributed by atoms with Crippen molar-refractivity contribution in [3.8, 4) is 11.1 Å². The van der Waals surface area contributed by atoms with E-state index in [1.165, 1.54) is 18.1 Å². The van der Waals surface area contributed by atoms with E-state index in [0.717, 1.165) is 33.4 Å². The predicted molar refractivity (Wildman–Crippen MR) is 170 cm³/mol. The molecule has 2 aliphatic heterocycles. The molecule has 0 bridgehead atoms. The lowest BCUT2D eigenvalue weighted by atomic mass is 9.99. The Morgan fingerprint density at radius 1 is 1.00 bits per heavy atom. The molecular weight excluding hydrogens is 647 g/mol. The van der Waals surface area contributed by atoms with Gasteiger partial charge in [-0.1, -0.05) is 72.4 Å². The molecular formula is C34H34F3N5O5S. The number of aliphatic hydroxyl groups excluding tert-OH is 1. The van der Waals surface area contributed by atoms with Gasteiger partial charge in [-0.25, -0.2) is 4.98 Å². The molecule has 10 nitrogen and oxygen atoms in total. The maximum Gasteiger partial charge on any atom is 0.471 e. The quantitative estimate of drug-likeness (QED) is 0.188. The van der Waals surface area contributed by atoms with Crippen molar-refractivity contribution in [2.24, 2.45) is 0 Å². The van der Waals surface area contributed by atoms with Crippen LogP contribution in [0.1, 0.15) is 53.9 Å². The largest absolute Gasteiger partial charge is 0.471 e. The smallest absolute Gasteiger partial charge is 0.392 e. The summed E-state index contributed by atoms with van der Waals surface area (Å²) in [6.45, 7) is -0.0576. The molecule has 1 aromatic heterocycles. The van der Waals surface area contributed by atoms with Gasteiger partial charge in [0.1, 0.15) is 12.4 Å². The maximum atomic E-state index is 13.0. The predicted octanol–water partition coefficient (Wildman–Crippen LogP) is 5.47. The van der Waals surface area contributed by atoms with Gasteiger partial charge in [-0.05, 0) is 52.8 Å². The van der Waals surface area contributed by atoms with Crippen molar-refractivity contribution in [3.05, 3.63) is 101 Å². The molecule has 0 unspecified atom stereocenters. The minimum atomic E-state index is -5.02. The molecule has 14 heteroatoms. The molecule has 6 rings (SSSR count). The summed E-state index contributed by atoms with van der Waals surface area (Å²) in [4.78, 5) is 29.4. The number of rotatable bonds is 10. The first kappa shape index (κ1) is 33.7. The molecule has 2 fully saturated rings. The first-order valence-electron chi connectivity index (χ1n) is 15.5. The summed E-state index contributed by atoms with van der Waals surface area (Å²) >= 11 is 1.51. The van der Waals surface area contributed by atoms with E-state index < -0.39 is 30.3 Å². The van der Waals surface area contributed by atoms with Crippen LogP contribution in [0.3, 0.4) is 0 Å². The lowest BCUT2D eigenvalue weighted by Crippen LogP contribution is -2.50. The fraction of sp³-hybridized carbons (Fsp3) is 0.353. The fourth-order valence-electron chi connectivity index (χ4n) is 5.94. The number of thioether (sulfide) groups is 1. The van der Waals surface area contributed by atoms with Crippen molar-refractivity contribution in [3.63, 3.8) is 0 Å². The van der Waals surface area contributed by atoms with E-state index in [4.69, 9.17) is 9.47 Å². The fourth-order valence-corrected chi connectivity index (χ4v) is 6.73. The summed E-state index contributed by atoms with van der Waals surface area (Å²) in [5, 5.41) is 19.7. The summed E-state index contributed by atoms with van der Waals surface area (Å²) in [5.74, 6) is -1.98. The minimum Gasteiger partial charge on any atom is -0.392 e. The van der Waals surface area contributed by atoms with Gasteiger partial charge in [0.15, 0.2) is 11.4 Å². The summed E-state index contributed by atoms with van der Waals surface area (Å²) < 4.78 is 52.0. The molecule has 0 aliphatic carbocycles. The number of nitrogens with zero attached hydrogens (tertiary/aromatic N) is 3. The molecule has 0 radical (unpaired) electrons. The number of aliphatic hydroxyl groups is 1. The molecule has 2 amide bonds. The summed E-state index contributed by atoms with van der Waals surface area (Å²) in [6, 6.07) is 21.8. The second-order valence-electron chi connectivity index (χ2n) is 11.6. The van der Waals surface area contributed by atoms with Gasteiger partial charge in [-0.2, -0.15) is 18.3 Å². The number of alkyl halides is 3. The van der Waals surface area contributed by atoms with Crippen molar-refractivity contribution >= 4 is 23.6 Å². The average molecular weight is 682 g/mol. The van der Waals surface area contributed by atoms with Crippen LogP contribution in [-0.4, -0.2) is 67.6 Å². The number of amides is 2. The van der Waals surface area contributed by atoms with Gasteiger partial charge in [-0.15, -0.1) is 0 Å². The van der Waals surface area contributed by atoms with E-state index in [1.807, 2.05) is 72.8 Å². The third-order valence-electron chi connectivity index (χ3n) is 8.36. The molecule has 3 heterocycles. The molecule has 3 N–H and O–H groups in total. The molecule has 4 aromatic rings. The van der Waals surface area contributed by atoms with Crippen LogP contribution in [0, 0.1) is 0 Å². The van der Waals surface area contributed by atoms with Crippen LogP contribution in [0.25, 0.3) is 11.1 Å². The third kappa shape index (κ3) is 8.06. The topological polar surface area (TPSA) is 130 Å². The maximum absolute atomic E-state index is 13.0. The van der Waals surface area contributed by atoms with E-state index in [-0.39, 0.29) is 38.3 Å². The molecule has 2 saturated heterocycles. The molecule has 252 valence electrons. The molecule has 0 spiro atoms. The Morgan fingerprint density at radius 2 is 1.77 bits per heavy atom. The number of aromatic amines is 1. The number of hydrogen-bond donors (Lipinski definition) is 3. The highest BCUT2D eigenvalue weighted by atomic mass is 32.2. The van der Waals surface area contributed by atoms with E-state index in [2.05, 4.69) is 20.5 Å². The van der Waals surface area contributed by atoms with Crippen molar-refractivity contribution in [1.82, 2.24) is 25.4 Å². The third-order valence-corrected chi connectivity index (χ3v) is 9.37. The molecule has 2 aliphatic rings. The number of carbonyl (C=O) groups excluding carboxylic acids is 2. The number of nitrogens with one attached hydrogen (secondary N) is 2. The Balaban J connectivity index is 1.16. The summed E-state index contributed by atoms with van der Waals surface area (Å²) in [7, 11) is 0. The van der Waals surface area contributed by atoms with Gasteiger partial charge in [0.05, 0.1) is 18.8 Å². The molecule has 3 aromatic carbocycles. The van der Waals surface area contributed by atoms with Gasteiger partial charge < -0.3 is 24.8 Å². The van der Waals surface area contributed by atoms with Gasteiger partial charge in [-0.3, -0.25) is 14.7 Å². The summed E-state index contributed by atoms with van der Waals surface area (Å²) in [6.07, 6.45) is -3.53. The van der Waals surface area contributed by atoms with E-state index in [1.54, 1.807) is 0 Å². The van der Waals surface area contributed by atoms with Crippen LogP contribution >= 0.6 is 11.8 Å². The van der Waals surface area contributed by atoms with Crippen molar-refractivity contribution in [2.75, 3.05) is 12.3 Å². The second kappa shape index (κ2) is 14.9. The zero-order valence-corrected chi connectivity index (χ0v) is 26.5. The standard InChI is InChI=1S/C34H34F3N5O5S/c35-34(36,37)32(45)42-13-3-8-28(42)30(44)38-17-22-4-1-5-24(14-22)25-6-2-7-26(15-25)31-46-27(19-48-33-39-20-40-41-33)16-29(47-31)23-11-9-21(18-43)10-12-23/h1-2,4-7,9-12,14-15,20,27-29,31,43H,3,8,13,16-19H2,(H,38,44)(H,39,40,41)/t27-,28+,29+,31+/m1/s1. The minimum absolute atomic E-state index is 0.0452. The number of aromatic nitrogens is 3. The lowest BCUT2D eigenvalue weighted by Gasteiger charge is -2.36. The van der Waals surface area contributed by atoms with E-state index >= 15 is 0 Å². The number of halogens is 3. The monoisotopic (exact) mass is 681 g/mol. The Hall–Kier alpha value is -4.24. The van der Waals surface area contributed by atoms with E-state index in [9.17, 15) is 27.9 Å². The number of likely N-dealkylation sites (tertiary alicyclic amines) is 1. The van der Waals surface area contributed by atoms with Crippen molar-refractivity contribution in [2.45, 2.75) is 68.3 Å². The first-order valence-corrected chi connectivity index (χ1v) is 16.5. The van der Waals surface area contributed by atoms with E-state index in [0.29, 0.717) is 28.7 Å². The number of hydrogen-bond acceptors (Lipinski definition) is 8. The zero-order chi connectivity index (χ0) is 33.7. The highest BCUT2D eigenvalue weighted by Crippen LogP contribution is 2.40. The Kier molecular flexibility index (Phi) is 10.4. The normalized spacial score (nSPS) is 21.3. The SMILES string of the molecule is O=C(NCc1cccc(-c2cccc([C@H]3O[C@@H](CSc4ncn[nH]4)C[C@@H](c4ccc(CO)cc4)O3)c2)c1)[C@@H]1CCCN1C(=O)C(F)(F)F. The van der Waals surface area contributed by atoms with Crippen LogP contribution in [0.5, 0.6) is 0 Å². The van der Waals surface area contributed by atoms with Gasteiger partial charge in [0.2, 0.25) is 5.91 Å². The average Bonchev–Trinajstić information content (AvgIpc) is 3.82. The molecule has 4 atom stereocenters. The van der Waals surface area contributed by atoms with Crippen LogP contribution in [0.2, 0.25) is 0 Å². The number of benzene rings is 3. The second-order valence-corrected chi connectivity index (χ2v) is 12.7.